The predicted octanol–water partition coefficient (Wildman–Crippen LogP) is 1.54. The van der Waals surface area contributed by atoms with Crippen molar-refractivity contribution in [2.75, 3.05) is 21.3 Å². The summed E-state index contributed by atoms with van der Waals surface area (Å²) in [6, 6.07) is 3.20. The Morgan fingerprint density at radius 3 is 2.13 bits per heavy atom. The van der Waals surface area contributed by atoms with Crippen LogP contribution in [0.3, 0.4) is 0 Å². The number of carbonyl (C=O) groups excluding carboxylic acids is 2. The van der Waals surface area contributed by atoms with Gasteiger partial charge in [-0.1, -0.05) is 0 Å². The van der Waals surface area contributed by atoms with Crippen LogP contribution in [0.4, 0.5) is 0 Å². The first-order valence-electron chi connectivity index (χ1n) is 7.31. The quantitative estimate of drug-likeness (QED) is 0.766. The number of carbonyl (C=O) groups is 2. The fourth-order valence-corrected chi connectivity index (χ4v) is 2.01. The van der Waals surface area contributed by atoms with Crippen molar-refractivity contribution in [3.63, 3.8) is 0 Å². The van der Waals surface area contributed by atoms with Crippen molar-refractivity contribution >= 4 is 11.9 Å². The number of hydrogen-bond donors (Lipinski definition) is 1. The van der Waals surface area contributed by atoms with E-state index in [-0.39, 0.29) is 23.3 Å². The van der Waals surface area contributed by atoms with E-state index in [9.17, 15) is 9.59 Å². The van der Waals surface area contributed by atoms with E-state index in [0.29, 0.717) is 11.5 Å². The normalized spacial score (nSPS) is 14.6. The van der Waals surface area contributed by atoms with Gasteiger partial charge in [0.1, 0.15) is 11.3 Å². The lowest BCUT2D eigenvalue weighted by Gasteiger charge is -2.16. The van der Waals surface area contributed by atoms with Crippen molar-refractivity contribution in [1.82, 2.24) is 5.32 Å². The van der Waals surface area contributed by atoms with Crippen LogP contribution in [0.25, 0.3) is 0 Å². The SMILES string of the molecule is COc1cc(OC)c(C(=O)OC(C)C(=O)NC2CC2)cc1OC. The van der Waals surface area contributed by atoms with Crippen LogP contribution in [0.2, 0.25) is 0 Å². The Labute approximate surface area is 134 Å². The zero-order valence-corrected chi connectivity index (χ0v) is 13.7. The summed E-state index contributed by atoms with van der Waals surface area (Å²) in [4.78, 5) is 24.2. The fraction of sp³-hybridized carbons (Fsp3) is 0.500. The lowest BCUT2D eigenvalue weighted by atomic mass is 10.1. The molecule has 0 aliphatic heterocycles. The van der Waals surface area contributed by atoms with Gasteiger partial charge in [0.05, 0.1) is 21.3 Å². The van der Waals surface area contributed by atoms with Crippen LogP contribution in [0.1, 0.15) is 30.1 Å². The molecule has 0 spiro atoms. The molecule has 1 atom stereocenters. The van der Waals surface area contributed by atoms with Gasteiger partial charge in [-0.15, -0.1) is 0 Å². The van der Waals surface area contributed by atoms with Crippen LogP contribution in [0.5, 0.6) is 17.2 Å². The highest BCUT2D eigenvalue weighted by molar-refractivity contribution is 5.95. The van der Waals surface area contributed by atoms with Crippen LogP contribution < -0.4 is 19.5 Å². The van der Waals surface area contributed by atoms with Crippen molar-refractivity contribution in [3.05, 3.63) is 17.7 Å². The number of nitrogens with one attached hydrogen (secondary N) is 1. The van der Waals surface area contributed by atoms with Gasteiger partial charge in [-0.25, -0.2) is 4.79 Å². The Kier molecular flexibility index (Phi) is 5.31. The molecule has 1 fully saturated rings. The smallest absolute Gasteiger partial charge is 0.342 e. The Morgan fingerprint density at radius 1 is 1.04 bits per heavy atom. The number of methoxy groups -OCH3 is 3. The van der Waals surface area contributed by atoms with Crippen LogP contribution in [-0.2, 0) is 9.53 Å². The maximum absolute atomic E-state index is 12.3. The molecule has 0 heterocycles. The average molecular weight is 323 g/mol. The number of hydrogen-bond acceptors (Lipinski definition) is 6. The fourth-order valence-electron chi connectivity index (χ4n) is 2.01. The van der Waals surface area contributed by atoms with Crippen LogP contribution in [0, 0.1) is 0 Å². The second kappa shape index (κ2) is 7.21. The first-order valence-corrected chi connectivity index (χ1v) is 7.31. The molecule has 1 aromatic carbocycles. The lowest BCUT2D eigenvalue weighted by Crippen LogP contribution is -2.37. The maximum atomic E-state index is 12.3. The van der Waals surface area contributed by atoms with Crippen molar-refractivity contribution in [2.45, 2.75) is 31.9 Å². The molecular weight excluding hydrogens is 302 g/mol. The van der Waals surface area contributed by atoms with Gasteiger partial charge in [-0.3, -0.25) is 4.79 Å². The van der Waals surface area contributed by atoms with Gasteiger partial charge in [0, 0.05) is 18.2 Å². The van der Waals surface area contributed by atoms with E-state index in [0.717, 1.165) is 12.8 Å². The molecule has 2 rings (SSSR count). The van der Waals surface area contributed by atoms with E-state index in [2.05, 4.69) is 5.32 Å². The molecule has 126 valence electrons. The maximum Gasteiger partial charge on any atom is 0.342 e. The van der Waals surface area contributed by atoms with E-state index in [1.807, 2.05) is 0 Å². The molecule has 7 nitrogen and oxygen atoms in total. The molecule has 0 aromatic heterocycles. The van der Waals surface area contributed by atoms with Gasteiger partial charge < -0.3 is 24.3 Å². The summed E-state index contributed by atoms with van der Waals surface area (Å²) in [5, 5.41) is 2.79. The minimum atomic E-state index is -0.888. The Hall–Kier alpha value is -2.44. The highest BCUT2D eigenvalue weighted by Gasteiger charge is 2.28. The molecule has 1 amide bonds. The second-order valence-electron chi connectivity index (χ2n) is 5.24. The van der Waals surface area contributed by atoms with Gasteiger partial charge in [0.15, 0.2) is 17.6 Å². The van der Waals surface area contributed by atoms with Crippen LogP contribution >= 0.6 is 0 Å². The average Bonchev–Trinajstić information content (AvgIpc) is 3.36. The van der Waals surface area contributed by atoms with E-state index < -0.39 is 12.1 Å². The van der Waals surface area contributed by atoms with Crippen molar-refractivity contribution < 1.29 is 28.5 Å². The zero-order valence-electron chi connectivity index (χ0n) is 13.7. The standard InChI is InChI=1S/C16H21NO6/c1-9(15(18)17-10-5-6-10)23-16(19)11-7-13(21-3)14(22-4)8-12(11)20-2/h7-10H,5-6H2,1-4H3,(H,17,18). The summed E-state index contributed by atoms with van der Waals surface area (Å²) in [6.07, 6.45) is 1.05. The molecule has 1 aliphatic rings. The molecule has 0 radical (unpaired) electrons. The topological polar surface area (TPSA) is 83.1 Å². The molecule has 23 heavy (non-hydrogen) atoms. The van der Waals surface area contributed by atoms with Crippen LogP contribution in [-0.4, -0.2) is 45.4 Å². The molecule has 7 heteroatoms. The highest BCUT2D eigenvalue weighted by Crippen LogP contribution is 2.35. The van der Waals surface area contributed by atoms with Gasteiger partial charge in [0.25, 0.3) is 5.91 Å². The van der Waals surface area contributed by atoms with Gasteiger partial charge in [-0.2, -0.15) is 0 Å². The van der Waals surface area contributed by atoms with Gasteiger partial charge in [-0.05, 0) is 19.8 Å². The second-order valence-corrected chi connectivity index (χ2v) is 5.24. The number of ether oxygens (including phenoxy) is 4. The molecule has 0 saturated heterocycles. The molecule has 1 aromatic rings. The first-order chi connectivity index (χ1) is 11.0. The minimum Gasteiger partial charge on any atom is -0.496 e. The van der Waals surface area contributed by atoms with Crippen molar-refractivity contribution in [1.29, 1.82) is 0 Å². The Balaban J connectivity index is 2.15. The monoisotopic (exact) mass is 323 g/mol. The minimum absolute atomic E-state index is 0.163. The van der Waals surface area contributed by atoms with E-state index >= 15 is 0 Å². The van der Waals surface area contributed by atoms with Crippen molar-refractivity contribution in [3.8, 4) is 17.2 Å². The third-order valence-electron chi connectivity index (χ3n) is 3.50. The van der Waals surface area contributed by atoms with E-state index in [1.54, 1.807) is 0 Å². The Bertz CT molecular complexity index is 596. The summed E-state index contributed by atoms with van der Waals surface area (Å²) < 4.78 is 20.7. The predicted molar refractivity (Wildman–Crippen MR) is 82.1 cm³/mol. The number of benzene rings is 1. The molecule has 0 bridgehead atoms. The van der Waals surface area contributed by atoms with Crippen LogP contribution in [0.15, 0.2) is 12.1 Å². The summed E-state index contributed by atoms with van der Waals surface area (Å²) in [5.74, 6) is 0.111. The molecular formula is C16H21NO6. The third kappa shape index (κ3) is 4.06. The summed E-state index contributed by atoms with van der Waals surface area (Å²) in [7, 11) is 4.38. The highest BCUT2D eigenvalue weighted by atomic mass is 16.6. The lowest BCUT2D eigenvalue weighted by molar-refractivity contribution is -0.129. The summed E-state index contributed by atoms with van der Waals surface area (Å²) in [5.41, 5.74) is 0.163. The number of amides is 1. The van der Waals surface area contributed by atoms with E-state index in [1.165, 1.54) is 40.4 Å². The van der Waals surface area contributed by atoms with Crippen molar-refractivity contribution in [2.24, 2.45) is 0 Å². The summed E-state index contributed by atoms with van der Waals surface area (Å²) in [6.45, 7) is 1.53. The first kappa shape index (κ1) is 16.9. The van der Waals surface area contributed by atoms with Gasteiger partial charge >= 0.3 is 5.97 Å². The molecule has 1 N–H and O–H groups in total. The Morgan fingerprint density at radius 2 is 1.61 bits per heavy atom. The number of esters is 1. The molecule has 1 unspecified atom stereocenters. The van der Waals surface area contributed by atoms with E-state index in [4.69, 9.17) is 18.9 Å². The third-order valence-corrected chi connectivity index (χ3v) is 3.50. The number of rotatable bonds is 7. The zero-order chi connectivity index (χ0) is 17.0. The largest absolute Gasteiger partial charge is 0.496 e. The van der Waals surface area contributed by atoms with Gasteiger partial charge in [0.2, 0.25) is 0 Å². The molecule has 1 aliphatic carbocycles. The molecule has 1 saturated carbocycles. The summed E-state index contributed by atoms with van der Waals surface area (Å²) >= 11 is 0.